The molecule has 0 aromatic rings. The lowest BCUT2D eigenvalue weighted by atomic mass is 9.98. The molecule has 2 fully saturated rings. The summed E-state index contributed by atoms with van der Waals surface area (Å²) in [5.41, 5.74) is 0. The molecule has 6 heteroatoms. The molecule has 2 atom stereocenters. The highest BCUT2D eigenvalue weighted by molar-refractivity contribution is 5.77. The number of nitrogens with zero attached hydrogens (tertiary/aromatic N) is 1. The van der Waals surface area contributed by atoms with Gasteiger partial charge in [-0.3, -0.25) is 4.79 Å². The lowest BCUT2D eigenvalue weighted by molar-refractivity contribution is -0.142. The summed E-state index contributed by atoms with van der Waals surface area (Å²) in [7, 11) is 0. The molecule has 0 aromatic heterocycles. The average molecular weight is 298 g/mol. The first-order chi connectivity index (χ1) is 10.1. The van der Waals surface area contributed by atoms with E-state index in [0.717, 1.165) is 12.8 Å². The Labute approximate surface area is 125 Å². The number of rotatable bonds is 5. The number of ether oxygens (including phenoxy) is 1. The number of urea groups is 1. The molecule has 1 aliphatic heterocycles. The Morgan fingerprint density at radius 2 is 1.95 bits per heavy atom. The van der Waals surface area contributed by atoms with Crippen LogP contribution in [-0.4, -0.2) is 54.4 Å². The summed E-state index contributed by atoms with van der Waals surface area (Å²) in [5, 5.41) is 11.9. The Bertz CT molecular complexity index is 369. The van der Waals surface area contributed by atoms with Crippen LogP contribution in [0.2, 0.25) is 0 Å². The van der Waals surface area contributed by atoms with Crippen LogP contribution in [0.15, 0.2) is 0 Å². The summed E-state index contributed by atoms with van der Waals surface area (Å²) < 4.78 is 5.75. The van der Waals surface area contributed by atoms with Gasteiger partial charge in [0, 0.05) is 19.6 Å². The van der Waals surface area contributed by atoms with Crippen LogP contribution in [-0.2, 0) is 9.53 Å². The Kier molecular flexibility index (Phi) is 5.85. The first kappa shape index (κ1) is 16.1. The summed E-state index contributed by atoms with van der Waals surface area (Å²) in [6.45, 7) is 3.69. The first-order valence-corrected chi connectivity index (χ1v) is 7.95. The molecule has 2 unspecified atom stereocenters. The molecular formula is C15H26N2O4. The predicted octanol–water partition coefficient (Wildman–Crippen LogP) is 1.70. The van der Waals surface area contributed by atoms with Crippen LogP contribution >= 0.6 is 0 Å². The monoisotopic (exact) mass is 298 g/mol. The van der Waals surface area contributed by atoms with Crippen molar-refractivity contribution < 1.29 is 19.4 Å². The topological polar surface area (TPSA) is 78.9 Å². The number of hydrogen-bond acceptors (Lipinski definition) is 3. The summed E-state index contributed by atoms with van der Waals surface area (Å²) in [6.07, 6.45) is 6.36. The highest BCUT2D eigenvalue weighted by Crippen LogP contribution is 2.23. The van der Waals surface area contributed by atoms with Gasteiger partial charge in [0.2, 0.25) is 0 Å². The SMILES string of the molecule is CC1CN(C(=O)NCCOC2CCCCC2)CC1C(=O)O. The number of nitrogens with one attached hydrogen (secondary N) is 1. The lowest BCUT2D eigenvalue weighted by Crippen LogP contribution is -2.40. The molecule has 0 aromatic carbocycles. The molecule has 1 aliphatic carbocycles. The standard InChI is InChI=1S/C15H26N2O4/c1-11-9-17(10-13(11)14(18)19)15(20)16-7-8-21-12-5-3-2-4-6-12/h11-13H,2-10H2,1H3,(H,16,20)(H,18,19). The van der Waals surface area contributed by atoms with Crippen LogP contribution in [0, 0.1) is 11.8 Å². The van der Waals surface area contributed by atoms with E-state index in [0.29, 0.717) is 32.3 Å². The van der Waals surface area contributed by atoms with Gasteiger partial charge < -0.3 is 20.1 Å². The zero-order chi connectivity index (χ0) is 15.2. The molecular weight excluding hydrogens is 272 g/mol. The van der Waals surface area contributed by atoms with Gasteiger partial charge in [-0.15, -0.1) is 0 Å². The van der Waals surface area contributed by atoms with Gasteiger partial charge in [-0.05, 0) is 18.8 Å². The smallest absolute Gasteiger partial charge is 0.317 e. The third-order valence-corrected chi connectivity index (χ3v) is 4.50. The van der Waals surface area contributed by atoms with E-state index in [2.05, 4.69) is 5.32 Å². The molecule has 120 valence electrons. The minimum Gasteiger partial charge on any atom is -0.481 e. The van der Waals surface area contributed by atoms with Crippen LogP contribution in [0.4, 0.5) is 4.79 Å². The molecule has 0 bridgehead atoms. The van der Waals surface area contributed by atoms with Gasteiger partial charge in [-0.2, -0.15) is 0 Å². The second-order valence-electron chi connectivity index (χ2n) is 6.19. The first-order valence-electron chi connectivity index (χ1n) is 7.95. The number of hydrogen-bond donors (Lipinski definition) is 2. The van der Waals surface area contributed by atoms with E-state index in [1.807, 2.05) is 6.92 Å². The fraction of sp³-hybridized carbons (Fsp3) is 0.867. The van der Waals surface area contributed by atoms with Crippen molar-refractivity contribution in [2.45, 2.75) is 45.1 Å². The summed E-state index contributed by atoms with van der Waals surface area (Å²) in [5.74, 6) is -1.26. The highest BCUT2D eigenvalue weighted by Gasteiger charge is 2.36. The third kappa shape index (κ3) is 4.59. The Morgan fingerprint density at radius 3 is 2.57 bits per heavy atom. The summed E-state index contributed by atoms with van der Waals surface area (Å²) in [6, 6.07) is -0.183. The molecule has 2 amide bonds. The number of likely N-dealkylation sites (tertiary alicyclic amines) is 1. The average Bonchev–Trinajstić information content (AvgIpc) is 2.87. The molecule has 1 heterocycles. The van der Waals surface area contributed by atoms with Gasteiger partial charge in [-0.25, -0.2) is 4.79 Å². The molecule has 0 radical (unpaired) electrons. The van der Waals surface area contributed by atoms with Gasteiger partial charge >= 0.3 is 12.0 Å². The molecule has 2 rings (SSSR count). The van der Waals surface area contributed by atoms with Crippen LogP contribution in [0.3, 0.4) is 0 Å². The maximum atomic E-state index is 12.0. The molecule has 6 nitrogen and oxygen atoms in total. The Hall–Kier alpha value is -1.30. The largest absolute Gasteiger partial charge is 0.481 e. The maximum Gasteiger partial charge on any atom is 0.317 e. The van der Waals surface area contributed by atoms with Crippen molar-refractivity contribution in [2.75, 3.05) is 26.2 Å². The van der Waals surface area contributed by atoms with Crippen molar-refractivity contribution in [1.29, 1.82) is 0 Å². The summed E-state index contributed by atoms with van der Waals surface area (Å²) in [4.78, 5) is 24.6. The Balaban J connectivity index is 1.62. The predicted molar refractivity (Wildman–Crippen MR) is 78.1 cm³/mol. The van der Waals surface area contributed by atoms with Gasteiger partial charge in [0.05, 0.1) is 18.6 Å². The van der Waals surface area contributed by atoms with E-state index in [-0.39, 0.29) is 11.9 Å². The van der Waals surface area contributed by atoms with Crippen molar-refractivity contribution in [2.24, 2.45) is 11.8 Å². The second kappa shape index (κ2) is 7.64. The van der Waals surface area contributed by atoms with Crippen molar-refractivity contribution >= 4 is 12.0 Å². The van der Waals surface area contributed by atoms with E-state index >= 15 is 0 Å². The van der Waals surface area contributed by atoms with Gasteiger partial charge in [-0.1, -0.05) is 26.2 Å². The minimum absolute atomic E-state index is 0.00624. The zero-order valence-corrected chi connectivity index (χ0v) is 12.7. The molecule has 2 aliphatic rings. The normalized spacial score (nSPS) is 26.8. The third-order valence-electron chi connectivity index (χ3n) is 4.50. The number of carbonyl (C=O) groups is 2. The quantitative estimate of drug-likeness (QED) is 0.757. The zero-order valence-electron chi connectivity index (χ0n) is 12.7. The van der Waals surface area contributed by atoms with Crippen molar-refractivity contribution in [3.05, 3.63) is 0 Å². The fourth-order valence-corrected chi connectivity index (χ4v) is 3.18. The second-order valence-corrected chi connectivity index (χ2v) is 6.19. The lowest BCUT2D eigenvalue weighted by Gasteiger charge is -2.22. The van der Waals surface area contributed by atoms with E-state index in [4.69, 9.17) is 9.84 Å². The Morgan fingerprint density at radius 1 is 1.24 bits per heavy atom. The van der Waals surface area contributed by atoms with Crippen LogP contribution in [0.1, 0.15) is 39.0 Å². The van der Waals surface area contributed by atoms with Crippen molar-refractivity contribution in [1.82, 2.24) is 10.2 Å². The molecule has 2 N–H and O–H groups in total. The number of carboxylic acid groups (broad SMARTS) is 1. The maximum absolute atomic E-state index is 12.0. The van der Waals surface area contributed by atoms with E-state index < -0.39 is 11.9 Å². The number of carboxylic acids is 1. The van der Waals surface area contributed by atoms with Gasteiger partial charge in [0.1, 0.15) is 0 Å². The van der Waals surface area contributed by atoms with E-state index in [1.165, 1.54) is 19.3 Å². The van der Waals surface area contributed by atoms with Crippen LogP contribution < -0.4 is 5.32 Å². The van der Waals surface area contributed by atoms with Crippen LogP contribution in [0.5, 0.6) is 0 Å². The molecule has 21 heavy (non-hydrogen) atoms. The minimum atomic E-state index is -0.821. The fourth-order valence-electron chi connectivity index (χ4n) is 3.18. The molecule has 1 saturated carbocycles. The summed E-state index contributed by atoms with van der Waals surface area (Å²) >= 11 is 0. The van der Waals surface area contributed by atoms with Crippen molar-refractivity contribution in [3.63, 3.8) is 0 Å². The molecule has 1 saturated heterocycles. The van der Waals surface area contributed by atoms with E-state index in [1.54, 1.807) is 4.90 Å². The van der Waals surface area contributed by atoms with Crippen LogP contribution in [0.25, 0.3) is 0 Å². The highest BCUT2D eigenvalue weighted by atomic mass is 16.5. The van der Waals surface area contributed by atoms with Gasteiger partial charge in [0.25, 0.3) is 0 Å². The van der Waals surface area contributed by atoms with Crippen molar-refractivity contribution in [3.8, 4) is 0 Å². The van der Waals surface area contributed by atoms with Gasteiger partial charge in [0.15, 0.2) is 0 Å². The number of aliphatic carboxylic acids is 1. The number of carbonyl (C=O) groups excluding carboxylic acids is 1. The van der Waals surface area contributed by atoms with E-state index in [9.17, 15) is 9.59 Å². The number of amides is 2. The molecule has 0 spiro atoms.